The minimum atomic E-state index is -1.06. The molecule has 4 rings (SSSR count). The maximum Gasteiger partial charge on any atom is 0.407 e. The largest absolute Gasteiger partial charge is 0.480 e. The van der Waals surface area contributed by atoms with Crippen LogP contribution in [0.4, 0.5) is 4.79 Å². The van der Waals surface area contributed by atoms with Crippen molar-refractivity contribution in [1.82, 2.24) is 10.2 Å². The van der Waals surface area contributed by atoms with Gasteiger partial charge in [-0.3, -0.25) is 4.79 Å². The van der Waals surface area contributed by atoms with Crippen LogP contribution < -0.4 is 5.32 Å². The predicted molar refractivity (Wildman–Crippen MR) is 110 cm³/mol. The quantitative estimate of drug-likeness (QED) is 0.793. The minimum Gasteiger partial charge on any atom is -0.480 e. The van der Waals surface area contributed by atoms with E-state index in [1.54, 1.807) is 6.92 Å². The molecule has 2 unspecified atom stereocenters. The van der Waals surface area contributed by atoms with Gasteiger partial charge in [0.25, 0.3) is 0 Å². The van der Waals surface area contributed by atoms with Gasteiger partial charge in [0, 0.05) is 25.3 Å². The molecule has 1 fully saturated rings. The summed E-state index contributed by atoms with van der Waals surface area (Å²) in [6, 6.07) is 14.8. The van der Waals surface area contributed by atoms with Gasteiger partial charge >= 0.3 is 12.1 Å². The Morgan fingerprint density at radius 3 is 2.23 bits per heavy atom. The second-order valence-electron chi connectivity index (χ2n) is 7.66. The van der Waals surface area contributed by atoms with E-state index in [0.717, 1.165) is 22.3 Å². The number of carbonyl (C=O) groups excluding carboxylic acids is 2. The van der Waals surface area contributed by atoms with Crippen LogP contribution in [0.15, 0.2) is 48.5 Å². The van der Waals surface area contributed by atoms with E-state index in [-0.39, 0.29) is 37.8 Å². The maximum absolute atomic E-state index is 12.4. The molecule has 1 aliphatic heterocycles. The van der Waals surface area contributed by atoms with E-state index in [9.17, 15) is 19.5 Å². The number of nitrogens with zero attached hydrogens (tertiary/aromatic N) is 1. The lowest BCUT2D eigenvalue weighted by Gasteiger charge is -2.20. The summed E-state index contributed by atoms with van der Waals surface area (Å²) in [7, 11) is 0. The number of fused-ring (bicyclic) bond motifs is 3. The number of carboxylic acids is 1. The smallest absolute Gasteiger partial charge is 0.407 e. The molecule has 2 aromatic carbocycles. The van der Waals surface area contributed by atoms with Gasteiger partial charge in [0.15, 0.2) is 0 Å². The molecule has 7 heteroatoms. The van der Waals surface area contributed by atoms with Gasteiger partial charge in [0.1, 0.15) is 12.6 Å². The summed E-state index contributed by atoms with van der Waals surface area (Å²) in [6.07, 6.45) is -0.205. The zero-order chi connectivity index (χ0) is 21.3. The molecule has 0 aromatic heterocycles. The van der Waals surface area contributed by atoms with Crippen molar-refractivity contribution in [2.45, 2.75) is 37.8 Å². The molecule has 1 heterocycles. The number of ether oxygens (including phenoxy) is 1. The second kappa shape index (κ2) is 8.18. The number of nitrogens with one attached hydrogen (secondary N) is 1. The van der Waals surface area contributed by atoms with Crippen LogP contribution in [0.3, 0.4) is 0 Å². The number of likely N-dealkylation sites (tertiary alicyclic amines) is 1. The summed E-state index contributed by atoms with van der Waals surface area (Å²) < 4.78 is 5.52. The van der Waals surface area contributed by atoms with Gasteiger partial charge in [-0.2, -0.15) is 0 Å². The Balaban J connectivity index is 1.40. The maximum atomic E-state index is 12.4. The molecule has 2 amide bonds. The number of hydrogen-bond acceptors (Lipinski definition) is 4. The molecule has 2 aromatic rings. The van der Waals surface area contributed by atoms with E-state index in [4.69, 9.17) is 4.74 Å². The number of hydrogen-bond donors (Lipinski definition) is 2. The lowest BCUT2D eigenvalue weighted by atomic mass is 9.98. The summed E-state index contributed by atoms with van der Waals surface area (Å²) in [5, 5.41) is 12.1. The zero-order valence-electron chi connectivity index (χ0n) is 16.7. The summed E-state index contributed by atoms with van der Waals surface area (Å²) in [5.74, 6) is -1.34. The van der Waals surface area contributed by atoms with Crippen molar-refractivity contribution in [1.29, 1.82) is 0 Å². The standard InChI is InChI=1S/C23H24N2O5/c1-2-21(26)25-12-14(11-20(25)22(27)28)24-23(29)30-13-19-17-9-5-3-7-15(17)16-8-4-6-10-18(16)19/h3-10,14,19-20H,2,11-13H2,1H3,(H,24,29)(H,27,28). The topological polar surface area (TPSA) is 95.9 Å². The van der Waals surface area contributed by atoms with Crippen molar-refractivity contribution in [3.05, 3.63) is 59.7 Å². The fourth-order valence-corrected chi connectivity index (χ4v) is 4.46. The minimum absolute atomic E-state index is 0.0448. The number of rotatable bonds is 5. The third-order valence-electron chi connectivity index (χ3n) is 5.87. The van der Waals surface area contributed by atoms with E-state index in [1.165, 1.54) is 4.90 Å². The van der Waals surface area contributed by atoms with Crippen LogP contribution in [0.1, 0.15) is 36.8 Å². The normalized spacial score (nSPS) is 19.8. The van der Waals surface area contributed by atoms with Gasteiger partial charge in [-0.1, -0.05) is 55.5 Å². The van der Waals surface area contributed by atoms with E-state index in [0.29, 0.717) is 0 Å². The highest BCUT2D eigenvalue weighted by Crippen LogP contribution is 2.44. The Morgan fingerprint density at radius 2 is 1.67 bits per heavy atom. The summed E-state index contributed by atoms with van der Waals surface area (Å²) in [6.45, 7) is 2.05. The molecule has 0 spiro atoms. The molecule has 0 saturated carbocycles. The highest BCUT2D eigenvalue weighted by atomic mass is 16.5. The van der Waals surface area contributed by atoms with Crippen molar-refractivity contribution < 1.29 is 24.2 Å². The first-order valence-corrected chi connectivity index (χ1v) is 10.1. The highest BCUT2D eigenvalue weighted by molar-refractivity contribution is 5.84. The molecule has 2 N–H and O–H groups in total. The Labute approximate surface area is 174 Å². The van der Waals surface area contributed by atoms with E-state index in [1.807, 2.05) is 36.4 Å². The van der Waals surface area contributed by atoms with Crippen molar-refractivity contribution in [2.24, 2.45) is 0 Å². The summed E-state index contributed by atoms with van der Waals surface area (Å²) >= 11 is 0. The molecule has 1 saturated heterocycles. The molecule has 30 heavy (non-hydrogen) atoms. The Kier molecular flexibility index (Phi) is 5.44. The fourth-order valence-electron chi connectivity index (χ4n) is 4.46. The molecule has 0 radical (unpaired) electrons. The van der Waals surface area contributed by atoms with Gasteiger partial charge in [-0.05, 0) is 22.3 Å². The van der Waals surface area contributed by atoms with E-state index in [2.05, 4.69) is 17.4 Å². The Hall–Kier alpha value is -3.35. The zero-order valence-corrected chi connectivity index (χ0v) is 16.7. The third-order valence-corrected chi connectivity index (χ3v) is 5.87. The number of aliphatic carboxylic acids is 1. The monoisotopic (exact) mass is 408 g/mol. The molecule has 1 aliphatic carbocycles. The lowest BCUT2D eigenvalue weighted by Crippen LogP contribution is -2.41. The van der Waals surface area contributed by atoms with E-state index >= 15 is 0 Å². The third kappa shape index (κ3) is 3.63. The van der Waals surface area contributed by atoms with Crippen LogP contribution in [0.5, 0.6) is 0 Å². The van der Waals surface area contributed by atoms with Crippen LogP contribution in [0.25, 0.3) is 11.1 Å². The van der Waals surface area contributed by atoms with Crippen LogP contribution in [0.2, 0.25) is 0 Å². The average molecular weight is 408 g/mol. The lowest BCUT2D eigenvalue weighted by molar-refractivity contribution is -0.148. The number of amides is 2. The Bertz CT molecular complexity index is 944. The number of carboxylic acid groups (broad SMARTS) is 1. The van der Waals surface area contributed by atoms with Gasteiger partial charge in [0.05, 0.1) is 6.04 Å². The van der Waals surface area contributed by atoms with Crippen LogP contribution in [-0.2, 0) is 14.3 Å². The highest BCUT2D eigenvalue weighted by Gasteiger charge is 2.40. The second-order valence-corrected chi connectivity index (χ2v) is 7.66. The number of carbonyl (C=O) groups is 3. The molecular formula is C23H24N2O5. The first-order valence-electron chi connectivity index (χ1n) is 10.1. The Morgan fingerprint density at radius 1 is 1.07 bits per heavy atom. The average Bonchev–Trinajstić information content (AvgIpc) is 3.31. The van der Waals surface area contributed by atoms with Crippen molar-refractivity contribution in [3.8, 4) is 11.1 Å². The molecule has 156 valence electrons. The fraction of sp³-hybridized carbons (Fsp3) is 0.348. The molecule has 2 atom stereocenters. The van der Waals surface area contributed by atoms with Gasteiger partial charge in [-0.15, -0.1) is 0 Å². The van der Waals surface area contributed by atoms with Crippen LogP contribution in [-0.4, -0.2) is 53.2 Å². The van der Waals surface area contributed by atoms with Gasteiger partial charge < -0.3 is 20.1 Å². The first kappa shape index (κ1) is 19.9. The summed E-state index contributed by atoms with van der Waals surface area (Å²) in [5.41, 5.74) is 4.54. The molecule has 2 aliphatic rings. The van der Waals surface area contributed by atoms with Gasteiger partial charge in [-0.25, -0.2) is 9.59 Å². The SMILES string of the molecule is CCC(=O)N1CC(NC(=O)OCC2c3ccccc3-c3ccccc32)CC1C(=O)O. The number of benzene rings is 2. The molecular weight excluding hydrogens is 384 g/mol. The van der Waals surface area contributed by atoms with E-state index < -0.39 is 24.1 Å². The van der Waals surface area contributed by atoms with Crippen LogP contribution >= 0.6 is 0 Å². The number of alkyl carbamates (subject to hydrolysis) is 1. The molecule has 0 bridgehead atoms. The van der Waals surface area contributed by atoms with Crippen molar-refractivity contribution in [2.75, 3.05) is 13.2 Å². The summed E-state index contributed by atoms with van der Waals surface area (Å²) in [4.78, 5) is 37.2. The van der Waals surface area contributed by atoms with Crippen molar-refractivity contribution >= 4 is 18.0 Å². The van der Waals surface area contributed by atoms with Gasteiger partial charge in [0.2, 0.25) is 5.91 Å². The first-order chi connectivity index (χ1) is 14.5. The predicted octanol–water partition coefficient (Wildman–Crippen LogP) is 2.99. The van der Waals surface area contributed by atoms with Crippen molar-refractivity contribution in [3.63, 3.8) is 0 Å². The molecule has 7 nitrogen and oxygen atoms in total. The van der Waals surface area contributed by atoms with Crippen LogP contribution in [0, 0.1) is 0 Å².